The van der Waals surface area contributed by atoms with Crippen molar-refractivity contribution in [2.75, 3.05) is 0 Å². The third kappa shape index (κ3) is 3.50. The van der Waals surface area contributed by atoms with Gasteiger partial charge in [-0.3, -0.25) is 0 Å². The third-order valence-corrected chi connectivity index (χ3v) is 2.77. The van der Waals surface area contributed by atoms with Crippen LogP contribution in [0.15, 0.2) is 61.2 Å². The molecule has 1 aliphatic rings. The second-order valence-electron chi connectivity index (χ2n) is 4.46. The highest BCUT2D eigenvalue weighted by Crippen LogP contribution is 2.20. The van der Waals surface area contributed by atoms with Crippen molar-refractivity contribution in [1.29, 1.82) is 0 Å². The average Bonchev–Trinajstić information content (AvgIpc) is 2.81. The van der Waals surface area contributed by atoms with Crippen molar-refractivity contribution in [2.24, 2.45) is 0 Å². The number of benzene rings is 2. The summed E-state index contributed by atoms with van der Waals surface area (Å²) >= 11 is 0. The summed E-state index contributed by atoms with van der Waals surface area (Å²) in [6.07, 6.45) is 1.75. The third-order valence-electron chi connectivity index (χ3n) is 2.77. The molecule has 2 aromatic rings. The molecular formula is C19H14O3. The van der Waals surface area contributed by atoms with Gasteiger partial charge in [0.15, 0.2) is 0 Å². The number of fused-ring (bicyclic) bond motifs is 1. The van der Waals surface area contributed by atoms with Crippen molar-refractivity contribution in [3.05, 3.63) is 83.4 Å². The maximum Gasteiger partial charge on any atom is 0.346 e. The molecule has 1 aliphatic heterocycles. The molecule has 0 aromatic heterocycles. The fourth-order valence-electron chi connectivity index (χ4n) is 1.83. The highest BCUT2D eigenvalue weighted by molar-refractivity contribution is 6.14. The van der Waals surface area contributed by atoms with Gasteiger partial charge in [0.25, 0.3) is 0 Å². The zero-order chi connectivity index (χ0) is 15.9. The number of esters is 2. The smallest absolute Gasteiger partial charge is 0.346 e. The molecule has 0 unspecified atom stereocenters. The molecule has 0 saturated heterocycles. The van der Waals surface area contributed by atoms with E-state index in [0.29, 0.717) is 11.1 Å². The molecule has 3 heteroatoms. The monoisotopic (exact) mass is 290 g/mol. The molecule has 3 rings (SSSR count). The van der Waals surface area contributed by atoms with E-state index in [-0.39, 0.29) is 5.56 Å². The van der Waals surface area contributed by atoms with Crippen LogP contribution in [0.2, 0.25) is 0 Å². The van der Waals surface area contributed by atoms with Crippen molar-refractivity contribution < 1.29 is 14.3 Å². The van der Waals surface area contributed by atoms with Crippen molar-refractivity contribution in [3.8, 4) is 11.8 Å². The second-order valence-corrected chi connectivity index (χ2v) is 4.46. The van der Waals surface area contributed by atoms with E-state index in [0.717, 1.165) is 5.56 Å². The van der Waals surface area contributed by atoms with Gasteiger partial charge in [0.05, 0.1) is 11.1 Å². The Kier molecular flexibility index (Phi) is 4.89. The first kappa shape index (κ1) is 15.3. The van der Waals surface area contributed by atoms with Crippen molar-refractivity contribution >= 4 is 11.9 Å². The summed E-state index contributed by atoms with van der Waals surface area (Å²) in [5.41, 5.74) is 2.15. The highest BCUT2D eigenvalue weighted by Gasteiger charge is 2.29. The summed E-state index contributed by atoms with van der Waals surface area (Å²) in [7, 11) is 0. The van der Waals surface area contributed by atoms with Crippen molar-refractivity contribution in [3.63, 3.8) is 0 Å². The normalized spacial score (nSPS) is 11.3. The molecular weight excluding hydrogens is 276 g/mol. The first-order chi connectivity index (χ1) is 10.7. The molecule has 0 radical (unpaired) electrons. The summed E-state index contributed by atoms with van der Waals surface area (Å²) in [4.78, 5) is 22.7. The summed E-state index contributed by atoms with van der Waals surface area (Å²) in [5.74, 6) is 4.75. The van der Waals surface area contributed by atoms with Crippen LogP contribution in [-0.4, -0.2) is 11.9 Å². The van der Waals surface area contributed by atoms with Crippen molar-refractivity contribution in [2.45, 2.75) is 6.92 Å². The van der Waals surface area contributed by atoms with Gasteiger partial charge in [-0.1, -0.05) is 36.1 Å². The zero-order valence-corrected chi connectivity index (χ0v) is 12.1. The Morgan fingerprint density at radius 1 is 0.909 bits per heavy atom. The second kappa shape index (κ2) is 7.05. The van der Waals surface area contributed by atoms with Gasteiger partial charge < -0.3 is 4.74 Å². The average molecular weight is 290 g/mol. The first-order valence-corrected chi connectivity index (χ1v) is 6.70. The minimum atomic E-state index is -0.608. The number of carbonyl (C=O) groups is 2. The summed E-state index contributed by atoms with van der Waals surface area (Å²) in [6, 6.07) is 14.4. The Morgan fingerprint density at radius 2 is 1.50 bits per heavy atom. The van der Waals surface area contributed by atoms with Gasteiger partial charge in [0.1, 0.15) is 0 Å². The molecule has 0 spiro atoms. The molecule has 108 valence electrons. The number of ether oxygens (including phenoxy) is 1. The Morgan fingerprint density at radius 3 is 2.18 bits per heavy atom. The molecule has 0 fully saturated rings. The van der Waals surface area contributed by atoms with E-state index in [2.05, 4.69) is 23.2 Å². The molecule has 0 aliphatic carbocycles. The Hall–Kier alpha value is -3.12. The van der Waals surface area contributed by atoms with E-state index < -0.39 is 11.9 Å². The van der Waals surface area contributed by atoms with Crippen LogP contribution in [-0.2, 0) is 4.74 Å². The highest BCUT2D eigenvalue weighted by atomic mass is 16.6. The first-order valence-electron chi connectivity index (χ1n) is 6.70. The molecule has 0 N–H and O–H groups in total. The van der Waals surface area contributed by atoms with Crippen LogP contribution in [0.5, 0.6) is 0 Å². The van der Waals surface area contributed by atoms with Gasteiger partial charge in [0, 0.05) is 11.1 Å². The van der Waals surface area contributed by atoms with E-state index in [4.69, 9.17) is 0 Å². The van der Waals surface area contributed by atoms with E-state index in [9.17, 15) is 9.59 Å². The van der Waals surface area contributed by atoms with Gasteiger partial charge >= 0.3 is 11.9 Å². The predicted molar refractivity (Wildman–Crippen MR) is 84.5 cm³/mol. The van der Waals surface area contributed by atoms with Gasteiger partial charge in [-0.05, 0) is 37.3 Å². The lowest BCUT2D eigenvalue weighted by Gasteiger charge is -1.93. The van der Waals surface area contributed by atoms with E-state index >= 15 is 0 Å². The zero-order valence-electron chi connectivity index (χ0n) is 12.1. The fourth-order valence-corrected chi connectivity index (χ4v) is 1.83. The van der Waals surface area contributed by atoms with Crippen LogP contribution >= 0.6 is 0 Å². The number of carbonyl (C=O) groups excluding carboxylic acids is 2. The molecule has 0 bridgehead atoms. The van der Waals surface area contributed by atoms with E-state index in [1.807, 2.05) is 37.3 Å². The Bertz CT molecular complexity index is 777. The van der Waals surface area contributed by atoms with Gasteiger partial charge in [-0.15, -0.1) is 6.58 Å². The predicted octanol–water partition coefficient (Wildman–Crippen LogP) is 3.59. The largest absolute Gasteiger partial charge is 0.386 e. The Labute approximate surface area is 129 Å². The minimum absolute atomic E-state index is 0.282. The van der Waals surface area contributed by atoms with Crippen LogP contribution < -0.4 is 0 Å². The number of hydrogen-bond acceptors (Lipinski definition) is 3. The number of hydrogen-bond donors (Lipinski definition) is 0. The number of rotatable bonds is 0. The molecule has 0 saturated carbocycles. The lowest BCUT2D eigenvalue weighted by Crippen LogP contribution is -1.96. The van der Waals surface area contributed by atoms with Crippen LogP contribution in [0.4, 0.5) is 0 Å². The lowest BCUT2D eigenvalue weighted by molar-refractivity contribution is 0.0444. The maximum absolute atomic E-state index is 11.4. The molecule has 22 heavy (non-hydrogen) atoms. The van der Waals surface area contributed by atoms with Crippen LogP contribution in [0.1, 0.15) is 38.8 Å². The number of cyclic esters (lactones) is 2. The molecule has 0 atom stereocenters. The van der Waals surface area contributed by atoms with Gasteiger partial charge in [-0.2, -0.15) is 0 Å². The Balaban J connectivity index is 0.000000545. The maximum atomic E-state index is 11.4. The van der Waals surface area contributed by atoms with Gasteiger partial charge in [0.2, 0.25) is 0 Å². The van der Waals surface area contributed by atoms with E-state index in [1.165, 1.54) is 0 Å². The van der Waals surface area contributed by atoms with E-state index in [1.54, 1.807) is 24.3 Å². The van der Waals surface area contributed by atoms with Crippen LogP contribution in [0.3, 0.4) is 0 Å². The molecule has 1 heterocycles. The number of allylic oxidation sites excluding steroid dienone is 1. The molecule has 0 amide bonds. The summed E-state index contributed by atoms with van der Waals surface area (Å²) < 4.78 is 4.52. The topological polar surface area (TPSA) is 43.4 Å². The summed E-state index contributed by atoms with van der Waals surface area (Å²) in [6.45, 7) is 5.25. The molecule has 2 aromatic carbocycles. The SMILES string of the molecule is C=CC.O=C1OC(=O)c2cc(C#Cc3ccccc3)ccc21. The minimum Gasteiger partial charge on any atom is -0.386 e. The fraction of sp³-hybridized carbons (Fsp3) is 0.0526. The lowest BCUT2D eigenvalue weighted by atomic mass is 10.1. The van der Waals surface area contributed by atoms with Crippen LogP contribution in [0.25, 0.3) is 0 Å². The van der Waals surface area contributed by atoms with Crippen LogP contribution in [0, 0.1) is 11.8 Å². The standard InChI is InChI=1S/C16H8O3.C3H6/c17-15-13-9-8-12(10-14(13)16(18)19-15)7-6-11-4-2-1-3-5-11;1-3-2/h1-5,8-10H;3H,1H2,2H3. The molecule has 3 nitrogen and oxygen atoms in total. The van der Waals surface area contributed by atoms with Gasteiger partial charge in [-0.25, -0.2) is 9.59 Å². The van der Waals surface area contributed by atoms with Crippen molar-refractivity contribution in [1.82, 2.24) is 0 Å². The summed E-state index contributed by atoms with van der Waals surface area (Å²) in [5, 5.41) is 0. The quantitative estimate of drug-likeness (QED) is 0.322.